The maximum absolute atomic E-state index is 10.5. The lowest BCUT2D eigenvalue weighted by Gasteiger charge is -2.06. The molecule has 1 aromatic rings. The van der Waals surface area contributed by atoms with Crippen molar-refractivity contribution in [2.24, 2.45) is 0 Å². The van der Waals surface area contributed by atoms with Gasteiger partial charge in [-0.15, -0.1) is 0 Å². The van der Waals surface area contributed by atoms with Crippen molar-refractivity contribution in [1.29, 1.82) is 0 Å². The van der Waals surface area contributed by atoms with Gasteiger partial charge >= 0.3 is 5.00 Å². The van der Waals surface area contributed by atoms with Crippen molar-refractivity contribution in [3.8, 4) is 0 Å². The molecule has 5 heteroatoms. The molecule has 0 bridgehead atoms. The SMILES string of the molecule is CCCNC(C)/C=C/c1csc([N+](=O)[O-])c1. The molecule has 4 nitrogen and oxygen atoms in total. The molecule has 0 spiro atoms. The van der Waals surface area contributed by atoms with Gasteiger partial charge in [-0.1, -0.05) is 30.4 Å². The number of rotatable bonds is 6. The van der Waals surface area contributed by atoms with Crippen molar-refractivity contribution in [3.05, 3.63) is 33.2 Å². The number of nitro groups is 1. The molecule has 0 saturated heterocycles. The molecular formula is C11H16N2O2S. The summed E-state index contributed by atoms with van der Waals surface area (Å²) in [6.07, 6.45) is 5.03. The lowest BCUT2D eigenvalue weighted by molar-refractivity contribution is -0.380. The maximum atomic E-state index is 10.5. The molecule has 0 amide bonds. The molecule has 0 aliphatic carbocycles. The Kier molecular flexibility index (Phi) is 5.14. The Morgan fingerprint density at radius 3 is 3.00 bits per heavy atom. The molecule has 0 radical (unpaired) electrons. The van der Waals surface area contributed by atoms with Crippen LogP contribution in [0, 0.1) is 10.1 Å². The van der Waals surface area contributed by atoms with E-state index in [1.165, 1.54) is 0 Å². The molecule has 0 aliphatic heterocycles. The topological polar surface area (TPSA) is 55.2 Å². The van der Waals surface area contributed by atoms with Crippen molar-refractivity contribution in [1.82, 2.24) is 5.32 Å². The van der Waals surface area contributed by atoms with E-state index in [0.717, 1.165) is 29.9 Å². The predicted octanol–water partition coefficient (Wildman–Crippen LogP) is 3.06. The average molecular weight is 240 g/mol. The Labute approximate surface area is 99.1 Å². The van der Waals surface area contributed by atoms with Gasteiger partial charge < -0.3 is 5.32 Å². The molecule has 1 aromatic heterocycles. The van der Waals surface area contributed by atoms with Gasteiger partial charge in [0.15, 0.2) is 0 Å². The van der Waals surface area contributed by atoms with Crippen LogP contribution in [0.3, 0.4) is 0 Å². The molecule has 1 heterocycles. The van der Waals surface area contributed by atoms with E-state index in [1.54, 1.807) is 11.4 Å². The molecule has 16 heavy (non-hydrogen) atoms. The van der Waals surface area contributed by atoms with E-state index in [0.29, 0.717) is 6.04 Å². The van der Waals surface area contributed by atoms with Gasteiger partial charge in [0.05, 0.1) is 4.92 Å². The molecular weight excluding hydrogens is 224 g/mol. The highest BCUT2D eigenvalue weighted by atomic mass is 32.1. The summed E-state index contributed by atoms with van der Waals surface area (Å²) < 4.78 is 0. The second-order valence-electron chi connectivity index (χ2n) is 3.58. The van der Waals surface area contributed by atoms with E-state index in [2.05, 4.69) is 19.2 Å². The minimum absolute atomic E-state index is 0.189. The summed E-state index contributed by atoms with van der Waals surface area (Å²) in [5.41, 5.74) is 0.891. The van der Waals surface area contributed by atoms with Gasteiger partial charge in [0, 0.05) is 17.5 Å². The molecule has 0 aromatic carbocycles. The summed E-state index contributed by atoms with van der Waals surface area (Å²) in [4.78, 5) is 10.1. The number of thiophene rings is 1. The predicted molar refractivity (Wildman–Crippen MR) is 67.8 cm³/mol. The van der Waals surface area contributed by atoms with Crippen molar-refractivity contribution in [2.75, 3.05) is 6.54 Å². The van der Waals surface area contributed by atoms with Gasteiger partial charge in [0.25, 0.3) is 0 Å². The van der Waals surface area contributed by atoms with Crippen LogP contribution in [-0.2, 0) is 0 Å². The minimum atomic E-state index is -0.360. The fourth-order valence-electron chi connectivity index (χ4n) is 1.22. The highest BCUT2D eigenvalue weighted by Gasteiger charge is 2.07. The van der Waals surface area contributed by atoms with Gasteiger partial charge in [0.2, 0.25) is 0 Å². The zero-order valence-electron chi connectivity index (χ0n) is 9.47. The highest BCUT2D eigenvalue weighted by Crippen LogP contribution is 2.23. The Morgan fingerprint density at radius 2 is 2.44 bits per heavy atom. The van der Waals surface area contributed by atoms with Crippen molar-refractivity contribution in [2.45, 2.75) is 26.3 Å². The van der Waals surface area contributed by atoms with Crippen LogP contribution in [0.1, 0.15) is 25.8 Å². The molecule has 1 rings (SSSR count). The number of hydrogen-bond donors (Lipinski definition) is 1. The molecule has 0 fully saturated rings. The lowest BCUT2D eigenvalue weighted by Crippen LogP contribution is -2.24. The second-order valence-corrected chi connectivity index (χ2v) is 4.47. The number of nitrogens with zero attached hydrogens (tertiary/aromatic N) is 1. The summed E-state index contributed by atoms with van der Waals surface area (Å²) >= 11 is 1.16. The summed E-state index contributed by atoms with van der Waals surface area (Å²) in [5, 5.41) is 15.8. The van der Waals surface area contributed by atoms with E-state index < -0.39 is 0 Å². The molecule has 1 atom stereocenters. The summed E-state index contributed by atoms with van der Waals surface area (Å²) in [6, 6.07) is 1.88. The Bertz CT molecular complexity index is 374. The third kappa shape index (κ3) is 4.12. The highest BCUT2D eigenvalue weighted by molar-refractivity contribution is 7.13. The largest absolute Gasteiger partial charge is 0.324 e. The molecule has 88 valence electrons. The van der Waals surface area contributed by atoms with Crippen LogP contribution in [0.25, 0.3) is 6.08 Å². The standard InChI is InChI=1S/C11H16N2O2S/c1-3-6-12-9(2)4-5-10-7-11(13(14)15)16-8-10/h4-5,7-9,12H,3,6H2,1-2H3/b5-4+. The van der Waals surface area contributed by atoms with E-state index >= 15 is 0 Å². The van der Waals surface area contributed by atoms with Gasteiger partial charge in [-0.3, -0.25) is 10.1 Å². The zero-order chi connectivity index (χ0) is 12.0. The van der Waals surface area contributed by atoms with E-state index in [4.69, 9.17) is 0 Å². The smallest absolute Gasteiger partial charge is 0.311 e. The maximum Gasteiger partial charge on any atom is 0.324 e. The number of nitrogens with one attached hydrogen (secondary N) is 1. The summed E-state index contributed by atoms with van der Waals surface area (Å²) in [7, 11) is 0. The van der Waals surface area contributed by atoms with Gasteiger partial charge in [-0.25, -0.2) is 0 Å². The zero-order valence-corrected chi connectivity index (χ0v) is 10.3. The Morgan fingerprint density at radius 1 is 1.69 bits per heavy atom. The van der Waals surface area contributed by atoms with Crippen LogP contribution in [0.4, 0.5) is 5.00 Å². The Hall–Kier alpha value is -1.20. The van der Waals surface area contributed by atoms with Gasteiger partial charge in [-0.2, -0.15) is 0 Å². The minimum Gasteiger partial charge on any atom is -0.311 e. The first kappa shape index (κ1) is 12.9. The monoisotopic (exact) mass is 240 g/mol. The average Bonchev–Trinajstić information content (AvgIpc) is 2.72. The number of hydrogen-bond acceptors (Lipinski definition) is 4. The van der Waals surface area contributed by atoms with E-state index in [1.807, 2.05) is 12.2 Å². The van der Waals surface area contributed by atoms with Crippen LogP contribution in [0.2, 0.25) is 0 Å². The first-order valence-electron chi connectivity index (χ1n) is 5.28. The quantitative estimate of drug-likeness (QED) is 0.614. The van der Waals surface area contributed by atoms with Crippen LogP contribution in [0.15, 0.2) is 17.5 Å². The summed E-state index contributed by atoms with van der Waals surface area (Å²) in [6.45, 7) is 5.16. The van der Waals surface area contributed by atoms with Gasteiger partial charge in [0.1, 0.15) is 0 Å². The molecule has 1 unspecified atom stereocenters. The van der Waals surface area contributed by atoms with E-state index in [-0.39, 0.29) is 9.92 Å². The third-order valence-corrected chi connectivity index (χ3v) is 2.98. The van der Waals surface area contributed by atoms with Crippen LogP contribution < -0.4 is 5.32 Å². The molecule has 0 aliphatic rings. The van der Waals surface area contributed by atoms with Crippen LogP contribution >= 0.6 is 11.3 Å². The first-order valence-corrected chi connectivity index (χ1v) is 6.16. The van der Waals surface area contributed by atoms with Crippen LogP contribution in [-0.4, -0.2) is 17.5 Å². The fourth-order valence-corrected chi connectivity index (χ4v) is 1.91. The third-order valence-electron chi connectivity index (χ3n) is 2.08. The lowest BCUT2D eigenvalue weighted by atomic mass is 10.2. The second kappa shape index (κ2) is 6.40. The first-order chi connectivity index (χ1) is 7.63. The van der Waals surface area contributed by atoms with Crippen molar-refractivity contribution in [3.63, 3.8) is 0 Å². The van der Waals surface area contributed by atoms with Crippen molar-refractivity contribution < 1.29 is 4.92 Å². The molecule has 0 saturated carbocycles. The Balaban J connectivity index is 2.51. The normalized spacial score (nSPS) is 13.1. The van der Waals surface area contributed by atoms with Crippen LogP contribution in [0.5, 0.6) is 0 Å². The van der Waals surface area contributed by atoms with Crippen molar-refractivity contribution >= 4 is 22.4 Å². The summed E-state index contributed by atoms with van der Waals surface area (Å²) in [5.74, 6) is 0. The van der Waals surface area contributed by atoms with E-state index in [9.17, 15) is 10.1 Å². The fraction of sp³-hybridized carbons (Fsp3) is 0.455. The molecule has 1 N–H and O–H groups in total. The van der Waals surface area contributed by atoms with Gasteiger partial charge in [-0.05, 0) is 25.5 Å².